The molecular formula is C19H20N4S. The highest BCUT2D eigenvalue weighted by atomic mass is 32.1. The normalized spacial score (nSPS) is 15.6. The van der Waals surface area contributed by atoms with Crippen LogP contribution in [-0.4, -0.2) is 41.0 Å². The van der Waals surface area contributed by atoms with Gasteiger partial charge >= 0.3 is 0 Å². The molecule has 0 radical (unpaired) electrons. The lowest BCUT2D eigenvalue weighted by Crippen LogP contribution is -2.46. The molecule has 3 heterocycles. The Labute approximate surface area is 146 Å². The maximum atomic E-state index is 4.36. The number of benzene rings is 1. The molecule has 0 saturated carbocycles. The highest BCUT2D eigenvalue weighted by Crippen LogP contribution is 2.27. The topological polar surface area (TPSA) is 32.3 Å². The second-order valence-corrected chi connectivity index (χ2v) is 6.76. The predicted octanol–water partition coefficient (Wildman–Crippen LogP) is 3.53. The van der Waals surface area contributed by atoms with Crippen LogP contribution in [0.2, 0.25) is 0 Å². The molecule has 0 aliphatic carbocycles. The van der Waals surface area contributed by atoms with Crippen molar-refractivity contribution in [2.45, 2.75) is 6.54 Å². The van der Waals surface area contributed by atoms with Gasteiger partial charge in [0, 0.05) is 45.1 Å². The zero-order valence-electron chi connectivity index (χ0n) is 13.5. The molecule has 24 heavy (non-hydrogen) atoms. The van der Waals surface area contributed by atoms with Gasteiger partial charge in [-0.15, -0.1) is 0 Å². The molecule has 1 aromatic carbocycles. The van der Waals surface area contributed by atoms with Gasteiger partial charge in [-0.05, 0) is 39.6 Å². The highest BCUT2D eigenvalue weighted by molar-refractivity contribution is 7.08. The van der Waals surface area contributed by atoms with E-state index in [9.17, 15) is 0 Å². The molecule has 0 spiro atoms. The van der Waals surface area contributed by atoms with Crippen LogP contribution >= 0.6 is 11.3 Å². The minimum atomic E-state index is 0.843. The Kier molecular flexibility index (Phi) is 4.53. The average molecular weight is 336 g/mol. The van der Waals surface area contributed by atoms with Gasteiger partial charge in [-0.3, -0.25) is 4.90 Å². The molecule has 4 rings (SSSR count). The fraction of sp³-hybridized carbons (Fsp3) is 0.263. The third-order valence-corrected chi connectivity index (χ3v) is 5.13. The number of hydrogen-bond donors (Lipinski definition) is 0. The molecule has 0 bridgehead atoms. The largest absolute Gasteiger partial charge is 0.338 e. The first-order valence-electron chi connectivity index (χ1n) is 8.25. The van der Waals surface area contributed by atoms with E-state index in [1.54, 1.807) is 11.3 Å². The molecule has 4 nitrogen and oxygen atoms in total. The van der Waals surface area contributed by atoms with Gasteiger partial charge in [0.25, 0.3) is 0 Å². The first-order valence-corrected chi connectivity index (χ1v) is 9.19. The standard InChI is InChI=1S/C19H20N4S/c1-2-5-18(17-6-13-24-15-17)16(4-1)14-22-9-11-23(12-10-22)19-20-7-3-8-21-19/h1-8,13,15H,9-12,14H2. The van der Waals surface area contributed by atoms with Gasteiger partial charge in [0.15, 0.2) is 0 Å². The summed E-state index contributed by atoms with van der Waals surface area (Å²) in [7, 11) is 0. The molecule has 1 saturated heterocycles. The fourth-order valence-corrected chi connectivity index (χ4v) is 3.81. The molecule has 0 unspecified atom stereocenters. The van der Waals surface area contributed by atoms with Crippen molar-refractivity contribution in [1.29, 1.82) is 0 Å². The minimum absolute atomic E-state index is 0.843. The van der Waals surface area contributed by atoms with Crippen molar-refractivity contribution in [3.8, 4) is 11.1 Å². The van der Waals surface area contributed by atoms with E-state index < -0.39 is 0 Å². The van der Waals surface area contributed by atoms with Crippen molar-refractivity contribution in [1.82, 2.24) is 14.9 Å². The van der Waals surface area contributed by atoms with Crippen LogP contribution in [0.5, 0.6) is 0 Å². The second-order valence-electron chi connectivity index (χ2n) is 5.98. The summed E-state index contributed by atoms with van der Waals surface area (Å²) >= 11 is 1.75. The summed E-state index contributed by atoms with van der Waals surface area (Å²) in [6.07, 6.45) is 3.62. The van der Waals surface area contributed by atoms with E-state index in [-0.39, 0.29) is 0 Å². The Morgan fingerprint density at radius 2 is 1.71 bits per heavy atom. The average Bonchev–Trinajstić information content (AvgIpc) is 3.18. The van der Waals surface area contributed by atoms with Crippen molar-refractivity contribution in [3.63, 3.8) is 0 Å². The van der Waals surface area contributed by atoms with Gasteiger partial charge in [-0.25, -0.2) is 9.97 Å². The van der Waals surface area contributed by atoms with Gasteiger partial charge in [0.05, 0.1) is 0 Å². The molecule has 1 aliphatic rings. The van der Waals surface area contributed by atoms with E-state index in [2.05, 4.69) is 60.9 Å². The van der Waals surface area contributed by atoms with Gasteiger partial charge in [-0.2, -0.15) is 11.3 Å². The first-order chi connectivity index (χ1) is 11.9. The van der Waals surface area contributed by atoms with Crippen LogP contribution < -0.4 is 4.90 Å². The molecule has 1 aliphatic heterocycles. The van der Waals surface area contributed by atoms with E-state index in [0.29, 0.717) is 0 Å². The fourth-order valence-electron chi connectivity index (χ4n) is 3.16. The lowest BCUT2D eigenvalue weighted by atomic mass is 10.0. The minimum Gasteiger partial charge on any atom is -0.338 e. The lowest BCUT2D eigenvalue weighted by Gasteiger charge is -2.35. The highest BCUT2D eigenvalue weighted by Gasteiger charge is 2.19. The summed E-state index contributed by atoms with van der Waals surface area (Å²) < 4.78 is 0. The second kappa shape index (κ2) is 7.11. The number of hydrogen-bond acceptors (Lipinski definition) is 5. The summed E-state index contributed by atoms with van der Waals surface area (Å²) in [6.45, 7) is 5.03. The third-order valence-electron chi connectivity index (χ3n) is 4.45. The van der Waals surface area contributed by atoms with E-state index in [1.165, 1.54) is 16.7 Å². The Balaban J connectivity index is 1.43. The monoisotopic (exact) mass is 336 g/mol. The summed E-state index contributed by atoms with van der Waals surface area (Å²) in [5.74, 6) is 0.843. The molecule has 3 aromatic rings. The van der Waals surface area contributed by atoms with E-state index in [0.717, 1.165) is 38.7 Å². The predicted molar refractivity (Wildman–Crippen MR) is 99.3 cm³/mol. The van der Waals surface area contributed by atoms with Crippen LogP contribution in [0.4, 0.5) is 5.95 Å². The Morgan fingerprint density at radius 1 is 0.917 bits per heavy atom. The summed E-state index contributed by atoms with van der Waals surface area (Å²) in [5, 5.41) is 4.37. The van der Waals surface area contributed by atoms with Crippen molar-refractivity contribution < 1.29 is 0 Å². The molecule has 2 aromatic heterocycles. The van der Waals surface area contributed by atoms with Crippen molar-refractivity contribution in [2.24, 2.45) is 0 Å². The maximum absolute atomic E-state index is 4.36. The summed E-state index contributed by atoms with van der Waals surface area (Å²) in [4.78, 5) is 13.5. The zero-order valence-corrected chi connectivity index (χ0v) is 14.3. The van der Waals surface area contributed by atoms with Crippen LogP contribution in [0.3, 0.4) is 0 Å². The first kappa shape index (κ1) is 15.3. The van der Waals surface area contributed by atoms with Crippen LogP contribution in [0, 0.1) is 0 Å². The van der Waals surface area contributed by atoms with E-state index >= 15 is 0 Å². The van der Waals surface area contributed by atoms with Crippen LogP contribution in [0.15, 0.2) is 59.6 Å². The number of thiophene rings is 1. The third kappa shape index (κ3) is 3.32. The summed E-state index contributed by atoms with van der Waals surface area (Å²) in [6, 6.07) is 12.8. The van der Waals surface area contributed by atoms with Crippen molar-refractivity contribution >= 4 is 17.3 Å². The number of piperazine rings is 1. The van der Waals surface area contributed by atoms with E-state index in [4.69, 9.17) is 0 Å². The molecular weight excluding hydrogens is 316 g/mol. The number of aromatic nitrogens is 2. The maximum Gasteiger partial charge on any atom is 0.225 e. The zero-order chi connectivity index (χ0) is 16.2. The van der Waals surface area contributed by atoms with Crippen molar-refractivity contribution in [2.75, 3.05) is 31.1 Å². The number of rotatable bonds is 4. The SMILES string of the molecule is c1cnc(N2CCN(Cc3ccccc3-c3ccsc3)CC2)nc1. The quantitative estimate of drug-likeness (QED) is 0.730. The smallest absolute Gasteiger partial charge is 0.225 e. The Bertz CT molecular complexity index is 765. The van der Waals surface area contributed by atoms with Gasteiger partial charge in [0.1, 0.15) is 0 Å². The molecule has 122 valence electrons. The van der Waals surface area contributed by atoms with Gasteiger partial charge in [0.2, 0.25) is 5.95 Å². The van der Waals surface area contributed by atoms with Crippen LogP contribution in [-0.2, 0) is 6.54 Å². The summed E-state index contributed by atoms with van der Waals surface area (Å²) in [5.41, 5.74) is 4.08. The molecule has 0 amide bonds. The van der Waals surface area contributed by atoms with Gasteiger partial charge in [-0.1, -0.05) is 24.3 Å². The lowest BCUT2D eigenvalue weighted by molar-refractivity contribution is 0.249. The Morgan fingerprint density at radius 3 is 2.46 bits per heavy atom. The molecule has 0 atom stereocenters. The van der Waals surface area contributed by atoms with E-state index in [1.807, 2.05) is 18.5 Å². The van der Waals surface area contributed by atoms with Crippen LogP contribution in [0.25, 0.3) is 11.1 Å². The molecule has 0 N–H and O–H groups in total. The van der Waals surface area contributed by atoms with Crippen molar-refractivity contribution in [3.05, 3.63) is 65.1 Å². The van der Waals surface area contributed by atoms with Crippen LogP contribution in [0.1, 0.15) is 5.56 Å². The Hall–Kier alpha value is -2.24. The van der Waals surface area contributed by atoms with Gasteiger partial charge < -0.3 is 4.90 Å². The molecule has 1 fully saturated rings. The number of nitrogens with zero attached hydrogens (tertiary/aromatic N) is 4. The number of anilines is 1. The molecule has 5 heteroatoms.